The van der Waals surface area contributed by atoms with Gasteiger partial charge in [-0.15, -0.1) is 0 Å². The summed E-state index contributed by atoms with van der Waals surface area (Å²) in [7, 11) is 0. The highest BCUT2D eigenvalue weighted by Crippen LogP contribution is 2.16. The summed E-state index contributed by atoms with van der Waals surface area (Å²) < 4.78 is 0. The third-order valence-electron chi connectivity index (χ3n) is 2.13. The Labute approximate surface area is 92.8 Å². The Kier molecular flexibility index (Phi) is 3.11. The van der Waals surface area contributed by atoms with Gasteiger partial charge < -0.3 is 10.4 Å². The van der Waals surface area contributed by atoms with Crippen molar-refractivity contribution in [3.05, 3.63) is 24.8 Å². The lowest BCUT2D eigenvalue weighted by Gasteiger charge is -2.11. The number of H-pyrrole nitrogens is 1. The van der Waals surface area contributed by atoms with Gasteiger partial charge in [-0.1, -0.05) is 0 Å². The molecule has 0 aliphatic rings. The molecule has 0 saturated heterocycles. The summed E-state index contributed by atoms with van der Waals surface area (Å²) >= 11 is 0. The molecule has 2 heterocycles. The van der Waals surface area contributed by atoms with Crippen LogP contribution in [0.5, 0.6) is 0 Å². The second kappa shape index (κ2) is 4.71. The van der Waals surface area contributed by atoms with Crippen LogP contribution in [0.15, 0.2) is 24.8 Å². The van der Waals surface area contributed by atoms with Crippen molar-refractivity contribution < 1.29 is 5.11 Å². The summed E-state index contributed by atoms with van der Waals surface area (Å²) in [4.78, 5) is 8.21. The number of hydrogen-bond acceptors (Lipinski definition) is 5. The van der Waals surface area contributed by atoms with Gasteiger partial charge in [0.15, 0.2) is 0 Å². The van der Waals surface area contributed by atoms with E-state index in [2.05, 4.69) is 25.5 Å². The van der Waals surface area contributed by atoms with Crippen LogP contribution in [0, 0.1) is 0 Å². The highest BCUT2D eigenvalue weighted by Gasteiger charge is 2.04. The lowest BCUT2D eigenvalue weighted by Crippen LogP contribution is -2.20. The molecule has 0 fully saturated rings. The van der Waals surface area contributed by atoms with Crippen LogP contribution in [0.4, 0.5) is 5.82 Å². The summed E-state index contributed by atoms with van der Waals surface area (Å²) in [6.45, 7) is 1.94. The molecule has 0 spiro atoms. The van der Waals surface area contributed by atoms with Gasteiger partial charge in [0.1, 0.15) is 12.1 Å². The first-order valence-electron chi connectivity index (χ1n) is 4.98. The molecule has 0 saturated carbocycles. The number of nitrogens with one attached hydrogen (secondary N) is 2. The first kappa shape index (κ1) is 10.6. The minimum Gasteiger partial charge on any atom is -0.394 e. The molecule has 84 valence electrons. The van der Waals surface area contributed by atoms with Gasteiger partial charge in [-0.3, -0.25) is 5.10 Å². The van der Waals surface area contributed by atoms with Crippen LogP contribution in [0.25, 0.3) is 11.3 Å². The Bertz CT molecular complexity index is 442. The molecule has 0 amide bonds. The van der Waals surface area contributed by atoms with Crippen LogP contribution in [0.1, 0.15) is 6.92 Å². The predicted octanol–water partition coefficient (Wildman–Crippen LogP) is 0.659. The van der Waals surface area contributed by atoms with E-state index in [0.29, 0.717) is 5.82 Å². The molecule has 2 aromatic heterocycles. The van der Waals surface area contributed by atoms with E-state index in [1.54, 1.807) is 12.4 Å². The Balaban J connectivity index is 2.20. The molecule has 0 unspecified atom stereocenters. The summed E-state index contributed by atoms with van der Waals surface area (Å²) in [5.41, 5.74) is 1.69. The zero-order valence-electron chi connectivity index (χ0n) is 8.88. The monoisotopic (exact) mass is 219 g/mol. The van der Waals surface area contributed by atoms with E-state index in [9.17, 15) is 0 Å². The van der Waals surface area contributed by atoms with Gasteiger partial charge in [-0.2, -0.15) is 5.10 Å². The maximum atomic E-state index is 8.93. The number of hydrogen-bond donors (Lipinski definition) is 3. The van der Waals surface area contributed by atoms with Crippen molar-refractivity contribution in [2.75, 3.05) is 11.9 Å². The second-order valence-corrected chi connectivity index (χ2v) is 3.50. The molecule has 2 rings (SSSR count). The van der Waals surface area contributed by atoms with Crippen molar-refractivity contribution in [2.24, 2.45) is 0 Å². The van der Waals surface area contributed by atoms with Gasteiger partial charge in [-0.05, 0) is 6.92 Å². The minimum absolute atomic E-state index is 0.0351. The molecular weight excluding hydrogens is 206 g/mol. The number of rotatable bonds is 4. The first-order valence-corrected chi connectivity index (χ1v) is 4.98. The normalized spacial score (nSPS) is 12.4. The molecular formula is C10H13N5O. The van der Waals surface area contributed by atoms with Crippen LogP contribution in [0.3, 0.4) is 0 Å². The quantitative estimate of drug-likeness (QED) is 0.703. The fraction of sp³-hybridized carbons (Fsp3) is 0.300. The van der Waals surface area contributed by atoms with Crippen molar-refractivity contribution >= 4 is 5.82 Å². The van der Waals surface area contributed by atoms with Crippen LogP contribution in [-0.4, -0.2) is 37.9 Å². The van der Waals surface area contributed by atoms with Crippen molar-refractivity contribution in [1.82, 2.24) is 20.2 Å². The molecule has 2 aromatic rings. The van der Waals surface area contributed by atoms with E-state index in [4.69, 9.17) is 5.11 Å². The molecule has 0 aliphatic carbocycles. The fourth-order valence-electron chi connectivity index (χ4n) is 1.28. The van der Waals surface area contributed by atoms with Gasteiger partial charge in [0.05, 0.1) is 18.5 Å². The molecule has 3 N–H and O–H groups in total. The third-order valence-corrected chi connectivity index (χ3v) is 2.13. The van der Waals surface area contributed by atoms with Gasteiger partial charge in [0.2, 0.25) is 0 Å². The smallest absolute Gasteiger partial charge is 0.130 e. The van der Waals surface area contributed by atoms with E-state index < -0.39 is 0 Å². The highest BCUT2D eigenvalue weighted by molar-refractivity contribution is 5.60. The van der Waals surface area contributed by atoms with Crippen LogP contribution in [0.2, 0.25) is 0 Å². The topological polar surface area (TPSA) is 86.7 Å². The number of aliphatic hydroxyl groups excluding tert-OH is 1. The molecule has 6 heteroatoms. The maximum absolute atomic E-state index is 8.93. The number of aromatic amines is 1. The average Bonchev–Trinajstić information content (AvgIpc) is 2.83. The van der Waals surface area contributed by atoms with Crippen molar-refractivity contribution in [3.63, 3.8) is 0 Å². The molecule has 0 aliphatic heterocycles. The van der Waals surface area contributed by atoms with E-state index in [1.165, 1.54) is 6.33 Å². The Hall–Kier alpha value is -1.95. The SMILES string of the molecule is C[C@@H](CO)Nc1cc(-c2cn[nH]c2)ncn1. The molecule has 16 heavy (non-hydrogen) atoms. The third kappa shape index (κ3) is 2.34. The first-order chi connectivity index (χ1) is 7.79. The fourth-order valence-corrected chi connectivity index (χ4v) is 1.28. The summed E-state index contributed by atoms with van der Waals surface area (Å²) in [5, 5.41) is 18.6. The number of aromatic nitrogens is 4. The largest absolute Gasteiger partial charge is 0.394 e. The molecule has 0 radical (unpaired) electrons. The Morgan fingerprint density at radius 1 is 1.50 bits per heavy atom. The Morgan fingerprint density at radius 2 is 2.38 bits per heavy atom. The van der Waals surface area contributed by atoms with E-state index in [-0.39, 0.29) is 12.6 Å². The number of nitrogens with zero attached hydrogens (tertiary/aromatic N) is 3. The van der Waals surface area contributed by atoms with Gasteiger partial charge >= 0.3 is 0 Å². The molecule has 6 nitrogen and oxygen atoms in total. The van der Waals surface area contributed by atoms with Gasteiger partial charge in [0.25, 0.3) is 0 Å². The predicted molar refractivity (Wildman–Crippen MR) is 59.8 cm³/mol. The minimum atomic E-state index is -0.0351. The lowest BCUT2D eigenvalue weighted by molar-refractivity contribution is 0.281. The zero-order chi connectivity index (χ0) is 11.4. The Morgan fingerprint density at radius 3 is 3.06 bits per heavy atom. The second-order valence-electron chi connectivity index (χ2n) is 3.50. The number of aliphatic hydroxyl groups is 1. The van der Waals surface area contributed by atoms with Crippen molar-refractivity contribution in [2.45, 2.75) is 13.0 Å². The standard InChI is InChI=1S/C10H13N5O/c1-7(5-16)15-10-2-9(11-6-12-10)8-3-13-14-4-8/h2-4,6-7,16H,5H2,1H3,(H,13,14)(H,11,12,15)/t7-/m0/s1. The highest BCUT2D eigenvalue weighted by atomic mass is 16.3. The van der Waals surface area contributed by atoms with E-state index in [1.807, 2.05) is 13.0 Å². The summed E-state index contributed by atoms with van der Waals surface area (Å²) in [6.07, 6.45) is 4.94. The van der Waals surface area contributed by atoms with Gasteiger partial charge in [0, 0.05) is 23.9 Å². The average molecular weight is 219 g/mol. The van der Waals surface area contributed by atoms with Crippen LogP contribution < -0.4 is 5.32 Å². The molecule has 0 bridgehead atoms. The molecule has 1 atom stereocenters. The van der Waals surface area contributed by atoms with E-state index in [0.717, 1.165) is 11.3 Å². The maximum Gasteiger partial charge on any atom is 0.130 e. The van der Waals surface area contributed by atoms with Crippen LogP contribution in [-0.2, 0) is 0 Å². The van der Waals surface area contributed by atoms with E-state index >= 15 is 0 Å². The van der Waals surface area contributed by atoms with Crippen molar-refractivity contribution in [1.29, 1.82) is 0 Å². The summed E-state index contributed by atoms with van der Waals surface area (Å²) in [5.74, 6) is 0.688. The van der Waals surface area contributed by atoms with Crippen LogP contribution >= 0.6 is 0 Å². The summed E-state index contributed by atoms with van der Waals surface area (Å²) in [6, 6.07) is 1.78. The molecule has 0 aromatic carbocycles. The lowest BCUT2D eigenvalue weighted by atomic mass is 10.2. The zero-order valence-corrected chi connectivity index (χ0v) is 8.88. The number of anilines is 1. The van der Waals surface area contributed by atoms with Crippen molar-refractivity contribution in [3.8, 4) is 11.3 Å². The van der Waals surface area contributed by atoms with Gasteiger partial charge in [-0.25, -0.2) is 9.97 Å².